The average Bonchev–Trinajstić information content (AvgIpc) is 2.38. The first-order valence-electron chi connectivity index (χ1n) is 6.56. The molecular formula is C15H23NO4. The number of benzene rings is 1. The second-order valence-electron chi connectivity index (χ2n) is 5.31. The highest BCUT2D eigenvalue weighted by Gasteiger charge is 2.12. The lowest BCUT2D eigenvalue weighted by Crippen LogP contribution is -2.27. The van der Waals surface area contributed by atoms with Crippen LogP contribution in [0, 0.1) is 0 Å². The molecule has 0 aliphatic heterocycles. The summed E-state index contributed by atoms with van der Waals surface area (Å²) in [6.07, 6.45) is 0. The number of methoxy groups -OCH3 is 1. The summed E-state index contributed by atoms with van der Waals surface area (Å²) >= 11 is 0. The number of hydrogen-bond acceptors (Lipinski definition) is 4. The molecule has 1 aromatic carbocycles. The first kappa shape index (κ1) is 16.5. The third-order valence-corrected chi connectivity index (χ3v) is 2.33. The monoisotopic (exact) mass is 281 g/mol. The molecule has 0 radical (unpaired) electrons. The van der Waals surface area contributed by atoms with Crippen molar-refractivity contribution in [2.24, 2.45) is 0 Å². The minimum atomic E-state index is -0.323. The molecule has 0 aliphatic carbocycles. The van der Waals surface area contributed by atoms with Gasteiger partial charge in [0.25, 0.3) is 0 Å². The van der Waals surface area contributed by atoms with Crippen molar-refractivity contribution in [1.29, 1.82) is 0 Å². The van der Waals surface area contributed by atoms with Crippen LogP contribution in [0.15, 0.2) is 24.3 Å². The van der Waals surface area contributed by atoms with Crippen LogP contribution in [0.4, 0.5) is 5.69 Å². The van der Waals surface area contributed by atoms with Gasteiger partial charge in [0.2, 0.25) is 5.91 Å². The van der Waals surface area contributed by atoms with Crippen LogP contribution in [0.25, 0.3) is 0 Å². The van der Waals surface area contributed by atoms with Crippen molar-refractivity contribution < 1.29 is 19.0 Å². The van der Waals surface area contributed by atoms with Crippen LogP contribution in [0.3, 0.4) is 0 Å². The Morgan fingerprint density at radius 1 is 1.15 bits per heavy atom. The first-order valence-corrected chi connectivity index (χ1v) is 6.56. The molecule has 0 aromatic heterocycles. The molecule has 1 rings (SSSR count). The van der Waals surface area contributed by atoms with Gasteiger partial charge >= 0.3 is 0 Å². The summed E-state index contributed by atoms with van der Waals surface area (Å²) in [5.74, 6) is 0.568. The van der Waals surface area contributed by atoms with Gasteiger partial charge in [0.05, 0.1) is 12.2 Å². The minimum absolute atomic E-state index is 0.0373. The molecule has 20 heavy (non-hydrogen) atoms. The predicted octanol–water partition coefficient (Wildman–Crippen LogP) is 2.47. The molecule has 112 valence electrons. The molecule has 0 fully saturated rings. The Kier molecular flexibility index (Phi) is 6.48. The van der Waals surface area contributed by atoms with Crippen molar-refractivity contribution in [3.63, 3.8) is 0 Å². The Balaban J connectivity index is 2.39. The third-order valence-electron chi connectivity index (χ3n) is 2.33. The van der Waals surface area contributed by atoms with Crippen molar-refractivity contribution in [1.82, 2.24) is 0 Å². The van der Waals surface area contributed by atoms with Crippen molar-refractivity contribution >= 4 is 11.6 Å². The van der Waals surface area contributed by atoms with Crippen LogP contribution in [-0.4, -0.2) is 38.4 Å². The van der Waals surface area contributed by atoms with Gasteiger partial charge in [-0.3, -0.25) is 4.79 Å². The Labute approximate surface area is 120 Å². The molecule has 5 nitrogen and oxygen atoms in total. The van der Waals surface area contributed by atoms with Crippen LogP contribution < -0.4 is 10.1 Å². The topological polar surface area (TPSA) is 56.8 Å². The summed E-state index contributed by atoms with van der Waals surface area (Å²) in [5, 5.41) is 2.76. The smallest absolute Gasteiger partial charge is 0.250 e. The highest BCUT2D eigenvalue weighted by atomic mass is 16.5. The van der Waals surface area contributed by atoms with E-state index in [-0.39, 0.29) is 18.1 Å². The van der Waals surface area contributed by atoms with Crippen LogP contribution in [-0.2, 0) is 14.3 Å². The molecule has 0 heterocycles. The number of rotatable bonds is 7. The highest BCUT2D eigenvalue weighted by molar-refractivity contribution is 5.91. The molecule has 0 aliphatic rings. The van der Waals surface area contributed by atoms with E-state index in [1.54, 1.807) is 31.4 Å². The van der Waals surface area contributed by atoms with Crippen LogP contribution in [0.1, 0.15) is 20.8 Å². The summed E-state index contributed by atoms with van der Waals surface area (Å²) in [6.45, 7) is 6.81. The van der Waals surface area contributed by atoms with E-state index in [0.29, 0.717) is 18.9 Å². The van der Waals surface area contributed by atoms with E-state index in [2.05, 4.69) is 5.32 Å². The van der Waals surface area contributed by atoms with Gasteiger partial charge < -0.3 is 19.5 Å². The van der Waals surface area contributed by atoms with E-state index in [1.165, 1.54) is 0 Å². The standard InChI is InChI=1S/C15H23NO4/c1-15(2,3)20-11-14(17)16-12-5-7-13(8-6-12)19-10-9-18-4/h5-8H,9-11H2,1-4H3,(H,16,17). The van der Waals surface area contributed by atoms with Gasteiger partial charge in [-0.1, -0.05) is 0 Å². The summed E-state index contributed by atoms with van der Waals surface area (Å²) in [7, 11) is 1.63. The number of hydrogen-bond donors (Lipinski definition) is 1. The van der Waals surface area contributed by atoms with Crippen LogP contribution in [0.2, 0.25) is 0 Å². The Morgan fingerprint density at radius 2 is 1.80 bits per heavy atom. The number of carbonyl (C=O) groups is 1. The molecule has 0 atom stereocenters. The zero-order valence-corrected chi connectivity index (χ0v) is 12.6. The Hall–Kier alpha value is -1.59. The normalized spacial score (nSPS) is 11.2. The molecule has 0 bridgehead atoms. The second kappa shape index (κ2) is 7.87. The Bertz CT molecular complexity index is 409. The lowest BCUT2D eigenvalue weighted by molar-refractivity contribution is -0.125. The van der Waals surface area contributed by atoms with Gasteiger partial charge in [-0.15, -0.1) is 0 Å². The first-order chi connectivity index (χ1) is 9.40. The fourth-order valence-electron chi connectivity index (χ4n) is 1.36. The van der Waals surface area contributed by atoms with Gasteiger partial charge in [0, 0.05) is 12.8 Å². The lowest BCUT2D eigenvalue weighted by atomic mass is 10.2. The zero-order chi connectivity index (χ0) is 15.0. The molecule has 1 amide bonds. The fourth-order valence-corrected chi connectivity index (χ4v) is 1.36. The highest BCUT2D eigenvalue weighted by Crippen LogP contribution is 2.15. The molecule has 0 saturated heterocycles. The fraction of sp³-hybridized carbons (Fsp3) is 0.533. The van der Waals surface area contributed by atoms with Crippen LogP contribution in [0.5, 0.6) is 5.75 Å². The zero-order valence-electron chi connectivity index (χ0n) is 12.6. The summed E-state index contributed by atoms with van der Waals surface area (Å²) in [5.41, 5.74) is 0.391. The molecule has 1 aromatic rings. The average molecular weight is 281 g/mol. The maximum absolute atomic E-state index is 11.7. The van der Waals surface area contributed by atoms with E-state index in [1.807, 2.05) is 20.8 Å². The molecule has 1 N–H and O–H groups in total. The summed E-state index contributed by atoms with van der Waals surface area (Å²) in [6, 6.07) is 7.18. The second-order valence-corrected chi connectivity index (χ2v) is 5.31. The van der Waals surface area contributed by atoms with Gasteiger partial charge in [-0.25, -0.2) is 0 Å². The van der Waals surface area contributed by atoms with Crippen molar-refractivity contribution in [2.45, 2.75) is 26.4 Å². The number of anilines is 1. The largest absolute Gasteiger partial charge is 0.491 e. The van der Waals surface area contributed by atoms with Gasteiger partial charge in [-0.05, 0) is 45.0 Å². The molecule has 0 spiro atoms. The van der Waals surface area contributed by atoms with E-state index < -0.39 is 0 Å². The Morgan fingerprint density at radius 3 is 2.35 bits per heavy atom. The van der Waals surface area contributed by atoms with Gasteiger partial charge in [0.15, 0.2) is 0 Å². The summed E-state index contributed by atoms with van der Waals surface area (Å²) in [4.78, 5) is 11.7. The molecule has 0 unspecified atom stereocenters. The predicted molar refractivity (Wildman–Crippen MR) is 78.1 cm³/mol. The lowest BCUT2D eigenvalue weighted by Gasteiger charge is -2.19. The molecule has 5 heteroatoms. The van der Waals surface area contributed by atoms with Gasteiger partial charge in [0.1, 0.15) is 19.0 Å². The molecular weight excluding hydrogens is 258 g/mol. The van der Waals surface area contributed by atoms with Crippen molar-refractivity contribution in [2.75, 3.05) is 32.2 Å². The number of carbonyl (C=O) groups excluding carboxylic acids is 1. The van der Waals surface area contributed by atoms with Crippen molar-refractivity contribution in [3.8, 4) is 5.75 Å². The molecule has 0 saturated carbocycles. The quantitative estimate of drug-likeness (QED) is 0.780. The maximum atomic E-state index is 11.7. The SMILES string of the molecule is COCCOc1ccc(NC(=O)COC(C)(C)C)cc1. The summed E-state index contributed by atoms with van der Waals surface area (Å²) < 4.78 is 15.7. The van der Waals surface area contributed by atoms with Crippen LogP contribution >= 0.6 is 0 Å². The van der Waals surface area contributed by atoms with E-state index in [4.69, 9.17) is 14.2 Å². The van der Waals surface area contributed by atoms with E-state index in [9.17, 15) is 4.79 Å². The maximum Gasteiger partial charge on any atom is 0.250 e. The number of ether oxygens (including phenoxy) is 3. The van der Waals surface area contributed by atoms with Gasteiger partial charge in [-0.2, -0.15) is 0 Å². The number of amides is 1. The van der Waals surface area contributed by atoms with E-state index in [0.717, 1.165) is 5.75 Å². The third kappa shape index (κ3) is 7.11. The minimum Gasteiger partial charge on any atom is -0.491 e. The van der Waals surface area contributed by atoms with E-state index >= 15 is 0 Å². The van der Waals surface area contributed by atoms with Crippen molar-refractivity contribution in [3.05, 3.63) is 24.3 Å². The number of nitrogens with one attached hydrogen (secondary N) is 1.